The summed E-state index contributed by atoms with van der Waals surface area (Å²) < 4.78 is 15.9. The highest BCUT2D eigenvalue weighted by atomic mass is 16.6. The summed E-state index contributed by atoms with van der Waals surface area (Å²) in [5.74, 6) is -0.417. The van der Waals surface area contributed by atoms with Gasteiger partial charge in [0.1, 0.15) is 23.1 Å². The molecule has 0 heterocycles. The fourth-order valence-corrected chi connectivity index (χ4v) is 2.67. The lowest BCUT2D eigenvalue weighted by Crippen LogP contribution is -2.28. The van der Waals surface area contributed by atoms with Gasteiger partial charge in [-0.1, -0.05) is 45.0 Å². The monoisotopic (exact) mass is 421 g/mol. The molecule has 0 bridgehead atoms. The van der Waals surface area contributed by atoms with Crippen molar-refractivity contribution in [2.75, 3.05) is 6.61 Å². The summed E-state index contributed by atoms with van der Waals surface area (Å²) >= 11 is 0. The molecule has 0 amide bonds. The molecule has 0 aliphatic rings. The molecule has 1 unspecified atom stereocenters. The van der Waals surface area contributed by atoms with Crippen molar-refractivity contribution in [3.05, 3.63) is 65.2 Å². The Kier molecular flexibility index (Phi) is 7.98. The molecule has 0 aromatic heterocycles. The summed E-state index contributed by atoms with van der Waals surface area (Å²) in [5.41, 5.74) is 1.59. The van der Waals surface area contributed by atoms with Gasteiger partial charge in [-0.25, -0.2) is 9.59 Å². The minimum Gasteiger partial charge on any atom is -0.479 e. The Morgan fingerprint density at radius 3 is 2.35 bits per heavy atom. The largest absolute Gasteiger partial charge is 0.479 e. The minimum absolute atomic E-state index is 0.0290. The van der Waals surface area contributed by atoms with E-state index in [1.807, 2.05) is 30.3 Å². The number of esters is 2. The summed E-state index contributed by atoms with van der Waals surface area (Å²) in [7, 11) is 0. The van der Waals surface area contributed by atoms with Gasteiger partial charge in [-0.15, -0.1) is 0 Å². The van der Waals surface area contributed by atoms with Gasteiger partial charge in [-0.05, 0) is 60.7 Å². The highest BCUT2D eigenvalue weighted by Gasteiger charge is 2.19. The molecule has 0 aliphatic heterocycles. The zero-order valence-corrected chi connectivity index (χ0v) is 18.5. The fraction of sp³-hybridized carbons (Fsp3) is 0.320. The molecule has 6 heteroatoms. The molecule has 0 aliphatic carbocycles. The number of benzene rings is 2. The maximum Gasteiger partial charge on any atom is 0.352 e. The molecule has 1 atom stereocenters. The maximum absolute atomic E-state index is 12.4. The second-order valence-electron chi connectivity index (χ2n) is 7.92. The van der Waals surface area contributed by atoms with Crippen molar-refractivity contribution in [3.8, 4) is 17.6 Å². The topological polar surface area (TPSA) is 85.6 Å². The lowest BCUT2D eigenvalue weighted by Gasteiger charge is -2.20. The van der Waals surface area contributed by atoms with Crippen LogP contribution in [0.15, 0.2) is 54.1 Å². The Morgan fingerprint density at radius 1 is 1.10 bits per heavy atom. The molecule has 0 radical (unpaired) electrons. The molecule has 6 nitrogen and oxygen atoms in total. The van der Waals surface area contributed by atoms with Crippen LogP contribution in [0.3, 0.4) is 0 Å². The first-order chi connectivity index (χ1) is 14.6. The van der Waals surface area contributed by atoms with E-state index in [4.69, 9.17) is 19.5 Å². The van der Waals surface area contributed by atoms with E-state index in [2.05, 4.69) is 20.8 Å². The van der Waals surface area contributed by atoms with Crippen LogP contribution in [-0.4, -0.2) is 24.6 Å². The Balaban J connectivity index is 2.06. The van der Waals surface area contributed by atoms with Crippen molar-refractivity contribution >= 4 is 18.0 Å². The SMILES string of the molecule is CCOC(=O)/C(C#N)=C/c1cccc(OC(=O)C(C)Oc2ccc(C(C)(C)C)cc2)c1. The quantitative estimate of drug-likeness (QED) is 0.276. The van der Waals surface area contributed by atoms with Crippen LogP contribution >= 0.6 is 0 Å². The van der Waals surface area contributed by atoms with Crippen molar-refractivity contribution in [3.63, 3.8) is 0 Å². The summed E-state index contributed by atoms with van der Waals surface area (Å²) in [6, 6.07) is 15.9. The second kappa shape index (κ2) is 10.4. The molecule has 162 valence electrons. The zero-order chi connectivity index (χ0) is 23.0. The zero-order valence-electron chi connectivity index (χ0n) is 18.5. The normalized spacial score (nSPS) is 12.5. The third-order valence-electron chi connectivity index (χ3n) is 4.37. The Morgan fingerprint density at radius 2 is 1.77 bits per heavy atom. The predicted molar refractivity (Wildman–Crippen MR) is 118 cm³/mol. The van der Waals surface area contributed by atoms with Crippen LogP contribution in [0.2, 0.25) is 0 Å². The van der Waals surface area contributed by atoms with E-state index in [-0.39, 0.29) is 23.3 Å². The average molecular weight is 421 g/mol. The third kappa shape index (κ3) is 7.00. The van der Waals surface area contributed by atoms with E-state index in [9.17, 15) is 9.59 Å². The van der Waals surface area contributed by atoms with Crippen molar-refractivity contribution in [1.82, 2.24) is 0 Å². The molecule has 0 spiro atoms. The summed E-state index contributed by atoms with van der Waals surface area (Å²) in [6.45, 7) is 9.81. The molecular formula is C25H27NO5. The molecule has 2 aromatic rings. The highest BCUT2D eigenvalue weighted by Crippen LogP contribution is 2.25. The molecule has 0 saturated heterocycles. The Hall–Kier alpha value is -3.59. The summed E-state index contributed by atoms with van der Waals surface area (Å²) in [5, 5.41) is 9.15. The molecule has 0 saturated carbocycles. The highest BCUT2D eigenvalue weighted by molar-refractivity contribution is 5.97. The van der Waals surface area contributed by atoms with E-state index in [0.29, 0.717) is 11.3 Å². The van der Waals surface area contributed by atoms with Crippen LogP contribution in [0.4, 0.5) is 0 Å². The predicted octanol–water partition coefficient (Wildman–Crippen LogP) is 4.83. The standard InChI is InChI=1S/C25H27NO5/c1-6-29-24(28)19(16-26)14-18-8-7-9-22(15-18)31-23(27)17(2)30-21-12-10-20(11-13-21)25(3,4)5/h7-15,17H,6H2,1-5H3/b19-14+. The molecule has 0 fully saturated rings. The molecule has 2 aromatic carbocycles. The lowest BCUT2D eigenvalue weighted by molar-refractivity contribution is -0.141. The number of nitriles is 1. The van der Waals surface area contributed by atoms with Crippen LogP contribution < -0.4 is 9.47 Å². The van der Waals surface area contributed by atoms with E-state index in [1.54, 1.807) is 38.1 Å². The van der Waals surface area contributed by atoms with Crippen LogP contribution in [0.1, 0.15) is 45.7 Å². The second-order valence-corrected chi connectivity index (χ2v) is 7.92. The number of rotatable bonds is 7. The van der Waals surface area contributed by atoms with Gasteiger partial charge in [0.05, 0.1) is 6.61 Å². The van der Waals surface area contributed by atoms with E-state index in [0.717, 1.165) is 0 Å². The van der Waals surface area contributed by atoms with Gasteiger partial charge in [-0.3, -0.25) is 0 Å². The van der Waals surface area contributed by atoms with Gasteiger partial charge in [0.25, 0.3) is 0 Å². The van der Waals surface area contributed by atoms with Crippen LogP contribution in [0, 0.1) is 11.3 Å². The van der Waals surface area contributed by atoms with E-state index in [1.165, 1.54) is 11.6 Å². The smallest absolute Gasteiger partial charge is 0.352 e. The average Bonchev–Trinajstić information content (AvgIpc) is 2.72. The number of nitrogens with zero attached hydrogens (tertiary/aromatic N) is 1. The van der Waals surface area contributed by atoms with Gasteiger partial charge in [-0.2, -0.15) is 5.26 Å². The van der Waals surface area contributed by atoms with E-state index < -0.39 is 18.0 Å². The number of carbonyl (C=O) groups is 2. The number of ether oxygens (including phenoxy) is 3. The molecule has 0 N–H and O–H groups in total. The van der Waals surface area contributed by atoms with Crippen molar-refractivity contribution in [1.29, 1.82) is 5.26 Å². The van der Waals surface area contributed by atoms with Crippen molar-refractivity contribution in [2.45, 2.75) is 46.1 Å². The molecule has 2 rings (SSSR count). The van der Waals surface area contributed by atoms with Gasteiger partial charge in [0, 0.05) is 0 Å². The van der Waals surface area contributed by atoms with Crippen LogP contribution in [0.25, 0.3) is 6.08 Å². The maximum atomic E-state index is 12.4. The Labute approximate surface area is 183 Å². The van der Waals surface area contributed by atoms with E-state index >= 15 is 0 Å². The van der Waals surface area contributed by atoms with Crippen LogP contribution in [0.5, 0.6) is 11.5 Å². The van der Waals surface area contributed by atoms with Gasteiger partial charge >= 0.3 is 11.9 Å². The first kappa shape index (κ1) is 23.7. The fourth-order valence-electron chi connectivity index (χ4n) is 2.67. The van der Waals surface area contributed by atoms with Crippen LogP contribution in [-0.2, 0) is 19.7 Å². The van der Waals surface area contributed by atoms with Gasteiger partial charge in [0.15, 0.2) is 6.10 Å². The first-order valence-corrected chi connectivity index (χ1v) is 10.0. The van der Waals surface area contributed by atoms with Gasteiger partial charge < -0.3 is 14.2 Å². The van der Waals surface area contributed by atoms with Crippen molar-refractivity contribution in [2.24, 2.45) is 0 Å². The van der Waals surface area contributed by atoms with Crippen molar-refractivity contribution < 1.29 is 23.8 Å². The Bertz CT molecular complexity index is 994. The van der Waals surface area contributed by atoms with Gasteiger partial charge in [0.2, 0.25) is 0 Å². The molecular weight excluding hydrogens is 394 g/mol. The number of carbonyl (C=O) groups excluding carboxylic acids is 2. The minimum atomic E-state index is -0.825. The first-order valence-electron chi connectivity index (χ1n) is 10.0. The number of hydrogen-bond acceptors (Lipinski definition) is 6. The summed E-state index contributed by atoms with van der Waals surface area (Å²) in [6.07, 6.45) is 0.556. The third-order valence-corrected chi connectivity index (χ3v) is 4.37. The summed E-state index contributed by atoms with van der Waals surface area (Å²) in [4.78, 5) is 24.2. The molecule has 31 heavy (non-hydrogen) atoms. The number of hydrogen-bond donors (Lipinski definition) is 0. The lowest BCUT2D eigenvalue weighted by atomic mass is 9.87.